The number of ether oxygens (including phenoxy) is 1. The van der Waals surface area contributed by atoms with Crippen LogP contribution in [-0.4, -0.2) is 89.9 Å². The normalized spacial score (nSPS) is 23.3. The lowest BCUT2D eigenvalue weighted by atomic mass is 10.1. The molecule has 0 bridgehead atoms. The van der Waals surface area contributed by atoms with Gasteiger partial charge in [-0.2, -0.15) is 15.1 Å². The largest absolute Gasteiger partial charge is 0.394 e. The lowest BCUT2D eigenvalue weighted by molar-refractivity contribution is -0.0511. The van der Waals surface area contributed by atoms with E-state index in [1.165, 1.54) is 40.1 Å². The molecule has 5 N–H and O–H groups in total. The number of benzene rings is 1. The van der Waals surface area contributed by atoms with Crippen molar-refractivity contribution in [3.8, 4) is 5.95 Å². The summed E-state index contributed by atoms with van der Waals surface area (Å²) in [4.78, 5) is 26.3. The SMILES string of the molecule is O=C(NS(=O)(=O)c1ccccc1)c1cnn(-c2nc(NC3CCCC3)c3ncn([C@@H]4O[C@H](CO)C(O)C4O)c3n2)c1. The maximum absolute atomic E-state index is 12.8. The summed E-state index contributed by atoms with van der Waals surface area (Å²) in [6.45, 7) is -0.492. The number of amides is 1. The Morgan fingerprint density at radius 2 is 1.85 bits per heavy atom. The van der Waals surface area contributed by atoms with Crippen molar-refractivity contribution < 1.29 is 33.3 Å². The number of aliphatic hydroxyl groups excluding tert-OH is 3. The predicted octanol–water partition coefficient (Wildman–Crippen LogP) is 0.0967. The highest BCUT2D eigenvalue weighted by Gasteiger charge is 2.44. The first kappa shape index (κ1) is 27.2. The molecule has 3 aromatic heterocycles. The zero-order valence-corrected chi connectivity index (χ0v) is 22.4. The number of carbonyl (C=O) groups excluding carboxylic acids is 1. The fraction of sp³-hybridized carbons (Fsp3) is 0.400. The number of carbonyl (C=O) groups is 1. The molecule has 2 unspecified atom stereocenters. The fourth-order valence-electron chi connectivity index (χ4n) is 5.06. The molecule has 4 atom stereocenters. The molecule has 0 radical (unpaired) electrons. The number of hydrogen-bond donors (Lipinski definition) is 5. The van der Waals surface area contributed by atoms with E-state index >= 15 is 0 Å². The molecule has 1 aliphatic heterocycles. The standard InChI is InChI=1S/C25H28N8O7S/c34-12-17-19(35)20(36)24(40-17)32-13-26-18-21(28-15-6-4-5-7-15)29-25(30-22(18)32)33-11-14(10-27-33)23(37)31-41(38,39)16-8-2-1-3-9-16/h1-3,8-11,13,15,17,19-20,24,34-36H,4-7,12H2,(H,31,37)(H,28,29,30)/t17-,19?,20?,24-/m1/s1. The molecule has 1 saturated carbocycles. The van der Waals surface area contributed by atoms with E-state index in [9.17, 15) is 28.5 Å². The first-order valence-electron chi connectivity index (χ1n) is 13.1. The fourth-order valence-corrected chi connectivity index (χ4v) is 6.05. The van der Waals surface area contributed by atoms with Crippen LogP contribution in [0, 0.1) is 0 Å². The molecule has 2 aliphatic rings. The number of anilines is 1. The number of nitrogens with zero attached hydrogens (tertiary/aromatic N) is 6. The predicted molar refractivity (Wildman–Crippen MR) is 142 cm³/mol. The van der Waals surface area contributed by atoms with Crippen molar-refractivity contribution in [2.45, 2.75) is 61.2 Å². The first-order valence-corrected chi connectivity index (χ1v) is 14.5. The van der Waals surface area contributed by atoms with Gasteiger partial charge in [0.15, 0.2) is 23.2 Å². The second kappa shape index (κ2) is 10.8. The van der Waals surface area contributed by atoms with Crippen molar-refractivity contribution in [1.29, 1.82) is 0 Å². The Morgan fingerprint density at radius 3 is 2.56 bits per heavy atom. The average molecular weight is 585 g/mol. The van der Waals surface area contributed by atoms with Crippen LogP contribution in [0.25, 0.3) is 17.1 Å². The van der Waals surface area contributed by atoms with E-state index in [1.807, 2.05) is 4.72 Å². The Morgan fingerprint density at radius 1 is 1.10 bits per heavy atom. The van der Waals surface area contributed by atoms with Gasteiger partial charge in [-0.1, -0.05) is 31.0 Å². The second-order valence-electron chi connectivity index (χ2n) is 9.97. The van der Waals surface area contributed by atoms with Gasteiger partial charge in [0, 0.05) is 12.2 Å². The van der Waals surface area contributed by atoms with Crippen molar-refractivity contribution in [1.82, 2.24) is 34.0 Å². The van der Waals surface area contributed by atoms with Gasteiger partial charge in [-0.3, -0.25) is 9.36 Å². The molecule has 4 heterocycles. The molecule has 6 rings (SSSR count). The van der Waals surface area contributed by atoms with Gasteiger partial charge < -0.3 is 25.4 Å². The summed E-state index contributed by atoms with van der Waals surface area (Å²) in [6.07, 6.45) is 3.15. The van der Waals surface area contributed by atoms with E-state index in [0.29, 0.717) is 11.3 Å². The molecule has 1 amide bonds. The van der Waals surface area contributed by atoms with Gasteiger partial charge in [0.05, 0.1) is 29.6 Å². The number of aromatic nitrogens is 6. The summed E-state index contributed by atoms with van der Waals surface area (Å²) in [5.74, 6) is -0.450. The Labute approximate surface area is 233 Å². The molecule has 2 fully saturated rings. The van der Waals surface area contributed by atoms with Gasteiger partial charge in [0.2, 0.25) is 0 Å². The van der Waals surface area contributed by atoms with Gasteiger partial charge in [0.1, 0.15) is 18.3 Å². The lowest BCUT2D eigenvalue weighted by Crippen LogP contribution is -2.33. The molecule has 1 saturated heterocycles. The summed E-state index contributed by atoms with van der Waals surface area (Å²) >= 11 is 0. The minimum Gasteiger partial charge on any atom is -0.394 e. The number of fused-ring (bicyclic) bond motifs is 1. The first-order chi connectivity index (χ1) is 19.7. The molecule has 16 heteroatoms. The highest BCUT2D eigenvalue weighted by molar-refractivity contribution is 7.90. The Kier molecular flexibility index (Phi) is 7.16. The monoisotopic (exact) mass is 584 g/mol. The molecule has 1 aliphatic carbocycles. The van der Waals surface area contributed by atoms with E-state index in [-0.39, 0.29) is 28.1 Å². The van der Waals surface area contributed by atoms with Crippen molar-refractivity contribution >= 4 is 32.9 Å². The van der Waals surface area contributed by atoms with Crippen LogP contribution in [0.3, 0.4) is 0 Å². The number of rotatable bonds is 8. The van der Waals surface area contributed by atoms with E-state index in [4.69, 9.17) is 4.74 Å². The van der Waals surface area contributed by atoms with Crippen molar-refractivity contribution in [2.24, 2.45) is 0 Å². The number of nitrogens with one attached hydrogen (secondary N) is 2. The van der Waals surface area contributed by atoms with Gasteiger partial charge in [-0.05, 0) is 25.0 Å². The maximum atomic E-state index is 12.8. The van der Waals surface area contributed by atoms with Gasteiger partial charge in [-0.15, -0.1) is 0 Å². The molecule has 41 heavy (non-hydrogen) atoms. The third-order valence-electron chi connectivity index (χ3n) is 7.23. The van der Waals surface area contributed by atoms with Crippen molar-refractivity contribution in [3.63, 3.8) is 0 Å². The van der Waals surface area contributed by atoms with Crippen LogP contribution in [0.4, 0.5) is 5.82 Å². The summed E-state index contributed by atoms with van der Waals surface area (Å²) < 4.78 is 35.6. The molecule has 15 nitrogen and oxygen atoms in total. The quantitative estimate of drug-likeness (QED) is 0.187. The maximum Gasteiger partial charge on any atom is 0.268 e. The van der Waals surface area contributed by atoms with Crippen LogP contribution in [0.2, 0.25) is 0 Å². The van der Waals surface area contributed by atoms with E-state index in [2.05, 4.69) is 25.4 Å². The number of hydrogen-bond acceptors (Lipinski definition) is 12. The van der Waals surface area contributed by atoms with E-state index in [1.54, 1.807) is 18.2 Å². The van der Waals surface area contributed by atoms with E-state index < -0.39 is 47.1 Å². The topological polar surface area (TPSA) is 207 Å². The van der Waals surface area contributed by atoms with Crippen LogP contribution in [-0.2, 0) is 14.8 Å². The van der Waals surface area contributed by atoms with Gasteiger partial charge in [-0.25, -0.2) is 22.8 Å². The molecule has 0 spiro atoms. The molecule has 4 aromatic rings. The van der Waals surface area contributed by atoms with Gasteiger partial charge in [0.25, 0.3) is 21.9 Å². The van der Waals surface area contributed by atoms with Gasteiger partial charge >= 0.3 is 0 Å². The average Bonchev–Trinajstić information content (AvgIpc) is 3.77. The van der Waals surface area contributed by atoms with Crippen molar-refractivity contribution in [2.75, 3.05) is 11.9 Å². The number of aliphatic hydroxyl groups is 3. The minimum atomic E-state index is -4.10. The zero-order valence-electron chi connectivity index (χ0n) is 21.6. The van der Waals surface area contributed by atoms with Crippen LogP contribution in [0.15, 0.2) is 53.9 Å². The van der Waals surface area contributed by atoms with Crippen LogP contribution >= 0.6 is 0 Å². The summed E-state index contributed by atoms with van der Waals surface area (Å²) in [7, 11) is -4.10. The van der Waals surface area contributed by atoms with Crippen LogP contribution in [0.1, 0.15) is 42.3 Å². The highest BCUT2D eigenvalue weighted by atomic mass is 32.2. The number of imidazole rings is 1. The number of sulfonamides is 1. The summed E-state index contributed by atoms with van der Waals surface area (Å²) in [6, 6.07) is 7.66. The Bertz CT molecular complexity index is 1670. The molecule has 1 aromatic carbocycles. The Balaban J connectivity index is 1.35. The Hall–Kier alpha value is -3.96. The summed E-state index contributed by atoms with van der Waals surface area (Å²) in [5.41, 5.74) is 0.589. The molecule has 216 valence electrons. The van der Waals surface area contributed by atoms with Crippen LogP contribution in [0.5, 0.6) is 0 Å². The highest BCUT2D eigenvalue weighted by Crippen LogP contribution is 2.33. The van der Waals surface area contributed by atoms with Crippen molar-refractivity contribution in [3.05, 3.63) is 54.6 Å². The second-order valence-corrected chi connectivity index (χ2v) is 11.7. The minimum absolute atomic E-state index is 0.0384. The molecular weight excluding hydrogens is 556 g/mol. The van der Waals surface area contributed by atoms with Crippen LogP contribution < -0.4 is 10.0 Å². The zero-order chi connectivity index (χ0) is 28.7. The third-order valence-corrected chi connectivity index (χ3v) is 8.57. The smallest absolute Gasteiger partial charge is 0.268 e. The summed E-state index contributed by atoms with van der Waals surface area (Å²) in [5, 5.41) is 38.0. The van der Waals surface area contributed by atoms with E-state index in [0.717, 1.165) is 25.7 Å². The molecular formula is C25H28N8O7S. The third kappa shape index (κ3) is 5.15. The lowest BCUT2D eigenvalue weighted by Gasteiger charge is -2.18.